The van der Waals surface area contributed by atoms with Gasteiger partial charge in [0, 0.05) is 18.6 Å². The third-order valence-corrected chi connectivity index (χ3v) is 4.82. The molecule has 0 saturated carbocycles. The maximum Gasteiger partial charge on any atom is 0.118 e. The van der Waals surface area contributed by atoms with E-state index in [2.05, 4.69) is 43.1 Å². The van der Waals surface area contributed by atoms with Crippen molar-refractivity contribution in [2.45, 2.75) is 45.7 Å². The Morgan fingerprint density at radius 1 is 1.29 bits per heavy atom. The first-order chi connectivity index (χ1) is 10.1. The average molecular weight is 290 g/mol. The summed E-state index contributed by atoms with van der Waals surface area (Å²) in [6, 6.07) is 9.32. The smallest absolute Gasteiger partial charge is 0.118 e. The highest BCUT2D eigenvalue weighted by atomic mass is 16.5. The summed E-state index contributed by atoms with van der Waals surface area (Å²) in [6.07, 6.45) is 2.68. The van der Waals surface area contributed by atoms with Crippen molar-refractivity contribution in [2.75, 3.05) is 26.7 Å². The number of methoxy groups -OCH3 is 1. The van der Waals surface area contributed by atoms with E-state index >= 15 is 0 Å². The van der Waals surface area contributed by atoms with Crippen LogP contribution in [0.3, 0.4) is 0 Å². The van der Waals surface area contributed by atoms with Crippen molar-refractivity contribution < 1.29 is 4.74 Å². The molecular formula is C18H30N2O. The van der Waals surface area contributed by atoms with Crippen LogP contribution in [0.4, 0.5) is 0 Å². The molecule has 3 atom stereocenters. The Labute approximate surface area is 129 Å². The minimum Gasteiger partial charge on any atom is -0.497 e. The molecule has 1 aromatic rings. The van der Waals surface area contributed by atoms with Gasteiger partial charge in [-0.05, 0) is 63.4 Å². The molecule has 3 nitrogen and oxygen atoms in total. The predicted molar refractivity (Wildman–Crippen MR) is 88.8 cm³/mol. The number of piperidine rings is 1. The molecule has 0 radical (unpaired) electrons. The molecule has 118 valence electrons. The second-order valence-electron chi connectivity index (χ2n) is 6.25. The van der Waals surface area contributed by atoms with Crippen molar-refractivity contribution in [3.63, 3.8) is 0 Å². The Balaban J connectivity index is 1.89. The van der Waals surface area contributed by atoms with Gasteiger partial charge in [0.1, 0.15) is 5.75 Å². The molecule has 1 heterocycles. The maximum absolute atomic E-state index is 5.22. The van der Waals surface area contributed by atoms with Crippen LogP contribution in [0.5, 0.6) is 5.75 Å². The van der Waals surface area contributed by atoms with Gasteiger partial charge in [0.2, 0.25) is 0 Å². The monoisotopic (exact) mass is 290 g/mol. The van der Waals surface area contributed by atoms with Crippen LogP contribution in [0, 0.1) is 5.92 Å². The van der Waals surface area contributed by atoms with E-state index in [1.807, 2.05) is 12.1 Å². The highest BCUT2D eigenvalue weighted by molar-refractivity contribution is 5.28. The zero-order chi connectivity index (χ0) is 15.2. The number of likely N-dealkylation sites (tertiary alicyclic amines) is 1. The van der Waals surface area contributed by atoms with Gasteiger partial charge in [0.15, 0.2) is 0 Å². The van der Waals surface area contributed by atoms with Gasteiger partial charge in [0.05, 0.1) is 7.11 Å². The van der Waals surface area contributed by atoms with Gasteiger partial charge in [-0.1, -0.05) is 19.1 Å². The number of hydrogen-bond acceptors (Lipinski definition) is 3. The summed E-state index contributed by atoms with van der Waals surface area (Å²) >= 11 is 0. The largest absolute Gasteiger partial charge is 0.497 e. The zero-order valence-corrected chi connectivity index (χ0v) is 13.9. The standard InChI is InChI=1S/C18H30N2O/c1-5-20-12-6-7-17(13-20)15(3)19-14(2)16-8-10-18(21-4)11-9-16/h8-11,14-15,17,19H,5-7,12-13H2,1-4H3/t14-,15?,17?/m1/s1. The van der Waals surface area contributed by atoms with E-state index in [-0.39, 0.29) is 0 Å². The molecule has 0 aliphatic carbocycles. The second-order valence-corrected chi connectivity index (χ2v) is 6.25. The molecule has 0 spiro atoms. The van der Waals surface area contributed by atoms with Gasteiger partial charge in [-0.25, -0.2) is 0 Å². The number of nitrogens with one attached hydrogen (secondary N) is 1. The van der Waals surface area contributed by atoms with Crippen LogP contribution < -0.4 is 10.1 Å². The Morgan fingerprint density at radius 3 is 2.62 bits per heavy atom. The van der Waals surface area contributed by atoms with Crippen LogP contribution in [-0.4, -0.2) is 37.7 Å². The molecule has 0 amide bonds. The summed E-state index contributed by atoms with van der Waals surface area (Å²) in [4.78, 5) is 2.57. The van der Waals surface area contributed by atoms with Crippen molar-refractivity contribution in [1.82, 2.24) is 10.2 Å². The first-order valence-electron chi connectivity index (χ1n) is 8.26. The Kier molecular flexibility index (Phi) is 6.07. The van der Waals surface area contributed by atoms with Crippen molar-refractivity contribution in [3.05, 3.63) is 29.8 Å². The molecule has 1 fully saturated rings. The van der Waals surface area contributed by atoms with Crippen molar-refractivity contribution in [2.24, 2.45) is 5.92 Å². The molecular weight excluding hydrogens is 260 g/mol. The molecule has 2 rings (SSSR count). The zero-order valence-electron chi connectivity index (χ0n) is 13.9. The molecule has 1 aliphatic rings. The molecule has 0 aromatic heterocycles. The van der Waals surface area contributed by atoms with E-state index in [0.717, 1.165) is 11.7 Å². The van der Waals surface area contributed by atoms with Crippen LogP contribution in [0.2, 0.25) is 0 Å². The SMILES string of the molecule is CCN1CCCC(C(C)N[C@H](C)c2ccc(OC)cc2)C1. The van der Waals surface area contributed by atoms with E-state index in [4.69, 9.17) is 4.74 Å². The molecule has 1 N–H and O–H groups in total. The van der Waals surface area contributed by atoms with Crippen LogP contribution in [-0.2, 0) is 0 Å². The summed E-state index contributed by atoms with van der Waals surface area (Å²) < 4.78 is 5.22. The van der Waals surface area contributed by atoms with Gasteiger partial charge in [-0.3, -0.25) is 0 Å². The van der Waals surface area contributed by atoms with Crippen LogP contribution in [0.15, 0.2) is 24.3 Å². The van der Waals surface area contributed by atoms with E-state index < -0.39 is 0 Å². The van der Waals surface area contributed by atoms with Gasteiger partial charge in [-0.15, -0.1) is 0 Å². The fraction of sp³-hybridized carbons (Fsp3) is 0.667. The predicted octanol–water partition coefficient (Wildman–Crippen LogP) is 3.47. The molecule has 3 heteroatoms. The molecule has 0 bridgehead atoms. The fourth-order valence-corrected chi connectivity index (χ4v) is 3.31. The summed E-state index contributed by atoms with van der Waals surface area (Å²) in [7, 11) is 1.71. The Hall–Kier alpha value is -1.06. The first-order valence-corrected chi connectivity index (χ1v) is 8.26. The molecule has 1 aromatic carbocycles. The minimum absolute atomic E-state index is 0.378. The molecule has 1 aliphatic heterocycles. The van der Waals surface area contributed by atoms with Crippen molar-refractivity contribution >= 4 is 0 Å². The van der Waals surface area contributed by atoms with E-state index in [1.54, 1.807) is 7.11 Å². The lowest BCUT2D eigenvalue weighted by Crippen LogP contribution is -2.44. The van der Waals surface area contributed by atoms with E-state index in [9.17, 15) is 0 Å². The van der Waals surface area contributed by atoms with Gasteiger partial charge >= 0.3 is 0 Å². The summed E-state index contributed by atoms with van der Waals surface area (Å²) in [5.41, 5.74) is 1.32. The topological polar surface area (TPSA) is 24.5 Å². The lowest BCUT2D eigenvalue weighted by Gasteiger charge is -2.36. The first kappa shape index (κ1) is 16.3. The third kappa shape index (κ3) is 4.45. The minimum atomic E-state index is 0.378. The number of ether oxygens (including phenoxy) is 1. The van der Waals surface area contributed by atoms with Crippen molar-refractivity contribution in [1.29, 1.82) is 0 Å². The van der Waals surface area contributed by atoms with Crippen LogP contribution in [0.1, 0.15) is 45.2 Å². The third-order valence-electron chi connectivity index (χ3n) is 4.82. The van der Waals surface area contributed by atoms with Gasteiger partial charge in [-0.2, -0.15) is 0 Å². The Bertz CT molecular complexity index is 418. The van der Waals surface area contributed by atoms with Crippen LogP contribution >= 0.6 is 0 Å². The van der Waals surface area contributed by atoms with E-state index in [1.165, 1.54) is 38.0 Å². The maximum atomic E-state index is 5.22. The lowest BCUT2D eigenvalue weighted by molar-refractivity contribution is 0.153. The average Bonchev–Trinajstić information content (AvgIpc) is 2.54. The molecule has 1 saturated heterocycles. The molecule has 2 unspecified atom stereocenters. The number of hydrogen-bond donors (Lipinski definition) is 1. The highest BCUT2D eigenvalue weighted by Crippen LogP contribution is 2.23. The summed E-state index contributed by atoms with van der Waals surface area (Å²) in [5.74, 6) is 1.68. The van der Waals surface area contributed by atoms with Gasteiger partial charge < -0.3 is 15.0 Å². The van der Waals surface area contributed by atoms with Crippen molar-refractivity contribution in [3.8, 4) is 5.75 Å². The summed E-state index contributed by atoms with van der Waals surface area (Å²) in [6.45, 7) is 10.5. The number of rotatable bonds is 6. The number of benzene rings is 1. The number of nitrogens with zero attached hydrogens (tertiary/aromatic N) is 1. The normalized spacial score (nSPS) is 22.8. The second kappa shape index (κ2) is 7.81. The van der Waals surface area contributed by atoms with Crippen LogP contribution in [0.25, 0.3) is 0 Å². The lowest BCUT2D eigenvalue weighted by atomic mass is 9.90. The highest BCUT2D eigenvalue weighted by Gasteiger charge is 2.24. The fourth-order valence-electron chi connectivity index (χ4n) is 3.31. The van der Waals surface area contributed by atoms with E-state index in [0.29, 0.717) is 12.1 Å². The quantitative estimate of drug-likeness (QED) is 0.868. The molecule has 21 heavy (non-hydrogen) atoms. The van der Waals surface area contributed by atoms with Gasteiger partial charge in [0.25, 0.3) is 0 Å². The Morgan fingerprint density at radius 2 is 2.00 bits per heavy atom. The summed E-state index contributed by atoms with van der Waals surface area (Å²) in [5, 5.41) is 3.78.